The third-order valence-electron chi connectivity index (χ3n) is 5.45. The third-order valence-corrected chi connectivity index (χ3v) is 6.64. The maximum absolute atomic E-state index is 12.5. The van der Waals surface area contributed by atoms with E-state index in [1.165, 1.54) is 29.7 Å². The summed E-state index contributed by atoms with van der Waals surface area (Å²) in [4.78, 5) is 23.8. The minimum absolute atomic E-state index is 0.0318. The predicted octanol–water partition coefficient (Wildman–Crippen LogP) is 4.06. The molecule has 3 heterocycles. The number of ether oxygens (including phenoxy) is 3. The van der Waals surface area contributed by atoms with E-state index in [9.17, 15) is 4.79 Å². The van der Waals surface area contributed by atoms with Crippen molar-refractivity contribution in [1.82, 2.24) is 9.97 Å². The van der Waals surface area contributed by atoms with Gasteiger partial charge in [-0.15, -0.1) is 11.3 Å². The number of fused-ring (bicyclic) bond motifs is 4. The standard InChI is InChI=1S/C22H23N3O4S/c23-20-19-14-5-2-1-3-6-17(14)30-21(19)25-18(24-20)12-29-22(26)13-7-8-15-16(11-13)28-10-4-9-27-15/h7-8,11H,1-6,9-10,12H2,(H2,23,24,25). The van der Waals surface area contributed by atoms with Gasteiger partial charge in [-0.25, -0.2) is 14.8 Å². The van der Waals surface area contributed by atoms with Gasteiger partial charge in [0, 0.05) is 11.3 Å². The number of anilines is 1. The molecule has 1 aliphatic heterocycles. The molecule has 0 unspecified atom stereocenters. The number of rotatable bonds is 3. The lowest BCUT2D eigenvalue weighted by atomic mass is 10.1. The van der Waals surface area contributed by atoms with Crippen molar-refractivity contribution < 1.29 is 19.0 Å². The monoisotopic (exact) mass is 425 g/mol. The van der Waals surface area contributed by atoms with Crippen LogP contribution in [0.25, 0.3) is 10.2 Å². The fourth-order valence-electron chi connectivity index (χ4n) is 3.98. The van der Waals surface area contributed by atoms with Crippen molar-refractivity contribution in [2.75, 3.05) is 18.9 Å². The first-order chi connectivity index (χ1) is 14.7. The Morgan fingerprint density at radius 1 is 1.07 bits per heavy atom. The number of nitrogen functional groups attached to an aromatic ring is 1. The van der Waals surface area contributed by atoms with E-state index >= 15 is 0 Å². The van der Waals surface area contributed by atoms with E-state index in [0.29, 0.717) is 41.9 Å². The van der Waals surface area contributed by atoms with E-state index in [1.807, 2.05) is 0 Å². The fraction of sp³-hybridized carbons (Fsp3) is 0.409. The van der Waals surface area contributed by atoms with Gasteiger partial charge in [-0.05, 0) is 49.4 Å². The van der Waals surface area contributed by atoms with Crippen LogP contribution in [-0.2, 0) is 24.2 Å². The molecule has 8 heteroatoms. The zero-order valence-corrected chi connectivity index (χ0v) is 17.4. The number of nitrogens with zero attached hydrogens (tertiary/aromatic N) is 2. The van der Waals surface area contributed by atoms with Crippen molar-refractivity contribution in [2.45, 2.75) is 45.1 Å². The number of hydrogen-bond acceptors (Lipinski definition) is 8. The van der Waals surface area contributed by atoms with Crippen LogP contribution in [0.3, 0.4) is 0 Å². The third kappa shape index (κ3) is 3.67. The SMILES string of the molecule is Nc1nc(COC(=O)c2ccc3c(c2)OCCCO3)nc2sc3c(c12)CCCCC3. The molecule has 0 saturated carbocycles. The molecule has 2 N–H and O–H groups in total. The van der Waals surface area contributed by atoms with Crippen LogP contribution in [-0.4, -0.2) is 29.2 Å². The zero-order chi connectivity index (χ0) is 20.5. The van der Waals surface area contributed by atoms with Crippen LogP contribution in [0.2, 0.25) is 0 Å². The van der Waals surface area contributed by atoms with Crippen molar-refractivity contribution in [3.63, 3.8) is 0 Å². The van der Waals surface area contributed by atoms with Gasteiger partial charge in [0.05, 0.1) is 24.2 Å². The normalized spacial score (nSPS) is 15.9. The Balaban J connectivity index is 1.34. The van der Waals surface area contributed by atoms with Crippen molar-refractivity contribution in [1.29, 1.82) is 0 Å². The number of nitrogens with two attached hydrogens (primary N) is 1. The molecular formula is C22H23N3O4S. The van der Waals surface area contributed by atoms with E-state index in [2.05, 4.69) is 9.97 Å². The highest BCUT2D eigenvalue weighted by Crippen LogP contribution is 2.37. The Kier molecular flexibility index (Phi) is 5.16. The summed E-state index contributed by atoms with van der Waals surface area (Å²) in [6.45, 7) is 1.13. The van der Waals surface area contributed by atoms with E-state index in [-0.39, 0.29) is 6.61 Å². The molecule has 5 rings (SSSR count). The summed E-state index contributed by atoms with van der Waals surface area (Å²) in [7, 11) is 0. The van der Waals surface area contributed by atoms with E-state index in [0.717, 1.165) is 29.5 Å². The van der Waals surface area contributed by atoms with Gasteiger partial charge in [0.2, 0.25) is 0 Å². The van der Waals surface area contributed by atoms with E-state index in [4.69, 9.17) is 19.9 Å². The highest BCUT2D eigenvalue weighted by molar-refractivity contribution is 7.19. The van der Waals surface area contributed by atoms with Gasteiger partial charge >= 0.3 is 5.97 Å². The van der Waals surface area contributed by atoms with Crippen LogP contribution in [0.5, 0.6) is 11.5 Å². The van der Waals surface area contributed by atoms with Crippen LogP contribution in [0.15, 0.2) is 18.2 Å². The highest BCUT2D eigenvalue weighted by Gasteiger charge is 2.20. The van der Waals surface area contributed by atoms with Gasteiger partial charge in [0.25, 0.3) is 0 Å². The molecule has 0 saturated heterocycles. The maximum Gasteiger partial charge on any atom is 0.338 e. The average Bonchev–Trinajstić information content (AvgIpc) is 2.92. The largest absolute Gasteiger partial charge is 0.490 e. The first-order valence-electron chi connectivity index (χ1n) is 10.3. The topological polar surface area (TPSA) is 96.6 Å². The quantitative estimate of drug-likeness (QED) is 0.499. The maximum atomic E-state index is 12.5. The molecule has 0 amide bonds. The molecule has 2 aliphatic rings. The fourth-order valence-corrected chi connectivity index (χ4v) is 5.26. The second kappa shape index (κ2) is 8.10. The molecule has 0 spiro atoms. The Morgan fingerprint density at radius 3 is 2.80 bits per heavy atom. The van der Waals surface area contributed by atoms with Gasteiger partial charge in [-0.3, -0.25) is 0 Å². The predicted molar refractivity (Wildman–Crippen MR) is 114 cm³/mol. The molecule has 1 aliphatic carbocycles. The smallest absolute Gasteiger partial charge is 0.338 e. The highest BCUT2D eigenvalue weighted by atomic mass is 32.1. The second-order valence-corrected chi connectivity index (χ2v) is 8.64. The minimum Gasteiger partial charge on any atom is -0.490 e. The number of carbonyl (C=O) groups excluding carboxylic acids is 1. The molecule has 0 bridgehead atoms. The Labute approximate surface area is 178 Å². The lowest BCUT2D eigenvalue weighted by Crippen LogP contribution is -2.09. The van der Waals surface area contributed by atoms with Crippen LogP contribution < -0.4 is 15.2 Å². The minimum atomic E-state index is -0.463. The van der Waals surface area contributed by atoms with Crippen LogP contribution >= 0.6 is 11.3 Å². The number of aryl methyl sites for hydroxylation is 2. The number of carbonyl (C=O) groups is 1. The second-order valence-electron chi connectivity index (χ2n) is 7.56. The zero-order valence-electron chi connectivity index (χ0n) is 16.6. The first-order valence-corrected chi connectivity index (χ1v) is 11.1. The van der Waals surface area contributed by atoms with Gasteiger partial charge in [0.1, 0.15) is 10.6 Å². The number of aromatic nitrogens is 2. The number of thiophene rings is 1. The first kappa shape index (κ1) is 19.1. The Bertz CT molecular complexity index is 1110. The Hall–Kier alpha value is -2.87. The van der Waals surface area contributed by atoms with Crippen LogP contribution in [0.1, 0.15) is 52.3 Å². The number of benzene rings is 1. The van der Waals surface area contributed by atoms with Gasteiger partial charge in [-0.1, -0.05) is 6.42 Å². The van der Waals surface area contributed by atoms with Crippen LogP contribution in [0.4, 0.5) is 5.82 Å². The van der Waals surface area contributed by atoms with Gasteiger partial charge in [0.15, 0.2) is 23.9 Å². The molecule has 0 atom stereocenters. The summed E-state index contributed by atoms with van der Waals surface area (Å²) in [5, 5.41) is 0.981. The summed E-state index contributed by atoms with van der Waals surface area (Å²) < 4.78 is 16.7. The van der Waals surface area contributed by atoms with Crippen molar-refractivity contribution in [3.8, 4) is 11.5 Å². The number of esters is 1. The molecule has 30 heavy (non-hydrogen) atoms. The summed E-state index contributed by atoms with van der Waals surface area (Å²) in [6, 6.07) is 5.05. The molecule has 0 fully saturated rings. The molecule has 1 aromatic carbocycles. The lowest BCUT2D eigenvalue weighted by molar-refractivity contribution is 0.0462. The average molecular weight is 426 g/mol. The summed E-state index contributed by atoms with van der Waals surface area (Å²) in [5.74, 6) is 1.63. The van der Waals surface area contributed by atoms with Crippen LogP contribution in [0, 0.1) is 0 Å². The summed E-state index contributed by atoms with van der Waals surface area (Å²) in [6.07, 6.45) is 6.53. The van der Waals surface area contributed by atoms with Gasteiger partial charge < -0.3 is 19.9 Å². The molecular weight excluding hydrogens is 402 g/mol. The molecule has 2 aromatic heterocycles. The summed E-state index contributed by atoms with van der Waals surface area (Å²) >= 11 is 1.69. The van der Waals surface area contributed by atoms with Gasteiger partial charge in [-0.2, -0.15) is 0 Å². The van der Waals surface area contributed by atoms with Crippen molar-refractivity contribution in [3.05, 3.63) is 40.0 Å². The van der Waals surface area contributed by atoms with Crippen molar-refractivity contribution >= 4 is 33.3 Å². The van der Waals surface area contributed by atoms with E-state index < -0.39 is 5.97 Å². The van der Waals surface area contributed by atoms with Crippen molar-refractivity contribution in [2.24, 2.45) is 0 Å². The molecule has 3 aromatic rings. The molecule has 156 valence electrons. The lowest BCUT2D eigenvalue weighted by Gasteiger charge is -2.09. The Morgan fingerprint density at radius 2 is 1.90 bits per heavy atom. The molecule has 7 nitrogen and oxygen atoms in total. The number of hydrogen-bond donors (Lipinski definition) is 1. The molecule has 0 radical (unpaired) electrons. The summed E-state index contributed by atoms with van der Waals surface area (Å²) in [5.41, 5.74) is 7.98. The van der Waals surface area contributed by atoms with E-state index in [1.54, 1.807) is 29.5 Å².